The molecule has 8 nitrogen and oxygen atoms in total. The van der Waals surface area contributed by atoms with E-state index in [1.807, 2.05) is 30.5 Å². The molecule has 11 heteroatoms. The maximum Gasteiger partial charge on any atom is 0.343 e. The van der Waals surface area contributed by atoms with E-state index in [0.29, 0.717) is 69.0 Å². The molecule has 1 atom stereocenters. The number of morpholine rings is 1. The number of anilines is 1. The lowest BCUT2D eigenvalue weighted by Crippen LogP contribution is -2.42. The van der Waals surface area contributed by atoms with Crippen LogP contribution in [-0.4, -0.2) is 71.6 Å². The predicted molar refractivity (Wildman–Crippen MR) is 189 cm³/mol. The maximum atomic E-state index is 15.5. The zero-order valence-corrected chi connectivity index (χ0v) is 30.9. The Morgan fingerprint density at radius 2 is 1.72 bits per heavy atom. The summed E-state index contributed by atoms with van der Waals surface area (Å²) < 4.78 is 40.9. The predicted octanol–water partition coefficient (Wildman–Crippen LogP) is 7.56. The van der Waals surface area contributed by atoms with E-state index in [0.717, 1.165) is 16.8 Å². The molecule has 1 saturated heterocycles. The molecule has 2 heterocycles. The van der Waals surface area contributed by atoms with Gasteiger partial charge in [0, 0.05) is 43.4 Å². The van der Waals surface area contributed by atoms with Crippen molar-refractivity contribution in [3.63, 3.8) is 0 Å². The maximum absolute atomic E-state index is 15.5. The quantitative estimate of drug-likeness (QED) is 0.135. The molecule has 1 aliphatic rings. The second-order valence-corrected chi connectivity index (χ2v) is 18.8. The molecular formula is C36H50ClFN2O6Si. The second kappa shape index (κ2) is 15.6. The first-order chi connectivity index (χ1) is 22.2. The highest BCUT2D eigenvalue weighted by molar-refractivity contribution is 6.74. The van der Waals surface area contributed by atoms with Crippen molar-refractivity contribution in [1.29, 1.82) is 0 Å². The van der Waals surface area contributed by atoms with Gasteiger partial charge in [-0.2, -0.15) is 0 Å². The highest BCUT2D eigenvalue weighted by Crippen LogP contribution is 2.37. The van der Waals surface area contributed by atoms with Crippen LogP contribution in [0, 0.1) is 5.82 Å². The molecule has 47 heavy (non-hydrogen) atoms. The van der Waals surface area contributed by atoms with Crippen molar-refractivity contribution in [3.05, 3.63) is 73.8 Å². The number of hydrogen-bond acceptors (Lipinski definition) is 7. The number of nitrogens with zero attached hydrogens (tertiary/aromatic N) is 2. The van der Waals surface area contributed by atoms with Crippen LogP contribution in [0.5, 0.6) is 0 Å². The molecule has 2 aromatic carbocycles. The Labute approximate surface area is 284 Å². The number of aromatic nitrogens is 1. The number of benzene rings is 2. The molecule has 258 valence electrons. The van der Waals surface area contributed by atoms with Crippen molar-refractivity contribution in [3.8, 4) is 0 Å². The summed E-state index contributed by atoms with van der Waals surface area (Å²) in [4.78, 5) is 29.3. The molecule has 0 unspecified atom stereocenters. The van der Waals surface area contributed by atoms with E-state index in [1.165, 1.54) is 0 Å². The molecule has 0 aliphatic carbocycles. The lowest BCUT2D eigenvalue weighted by atomic mass is 9.94. The minimum Gasteiger partial charge on any atom is -0.462 e. The monoisotopic (exact) mass is 688 g/mol. The Morgan fingerprint density at radius 3 is 2.34 bits per heavy atom. The van der Waals surface area contributed by atoms with Crippen molar-refractivity contribution < 1.29 is 27.8 Å². The molecule has 0 spiro atoms. The van der Waals surface area contributed by atoms with Crippen molar-refractivity contribution in [2.24, 2.45) is 0 Å². The van der Waals surface area contributed by atoms with Crippen LogP contribution in [0.3, 0.4) is 0 Å². The summed E-state index contributed by atoms with van der Waals surface area (Å²) in [5, 5.41) is 0.398. The van der Waals surface area contributed by atoms with E-state index >= 15 is 4.39 Å². The normalized spacial score (nSPS) is 14.9. The fourth-order valence-corrected chi connectivity index (χ4v) is 6.86. The van der Waals surface area contributed by atoms with Crippen LogP contribution in [0.1, 0.15) is 74.6 Å². The third-order valence-corrected chi connectivity index (χ3v) is 14.2. The summed E-state index contributed by atoms with van der Waals surface area (Å²) in [5.41, 5.74) is 3.19. The second-order valence-electron chi connectivity index (χ2n) is 13.6. The molecule has 4 rings (SSSR count). The Hall–Kier alpha value is -2.76. The van der Waals surface area contributed by atoms with Gasteiger partial charge in [-0.25, -0.2) is 9.18 Å². The fourth-order valence-electron chi connectivity index (χ4n) is 5.59. The van der Waals surface area contributed by atoms with Crippen LogP contribution in [0.15, 0.2) is 35.3 Å². The van der Waals surface area contributed by atoms with E-state index in [4.69, 9.17) is 30.2 Å². The van der Waals surface area contributed by atoms with Gasteiger partial charge < -0.3 is 28.1 Å². The van der Waals surface area contributed by atoms with E-state index in [1.54, 1.807) is 25.3 Å². The van der Waals surface area contributed by atoms with E-state index in [-0.39, 0.29) is 34.7 Å². The van der Waals surface area contributed by atoms with Gasteiger partial charge >= 0.3 is 5.97 Å². The van der Waals surface area contributed by atoms with Crippen LogP contribution in [0.2, 0.25) is 23.2 Å². The summed E-state index contributed by atoms with van der Waals surface area (Å²) >= 11 is 6.41. The number of rotatable bonds is 13. The Balaban J connectivity index is 1.88. The van der Waals surface area contributed by atoms with Crippen LogP contribution in [0.25, 0.3) is 10.9 Å². The largest absolute Gasteiger partial charge is 0.462 e. The summed E-state index contributed by atoms with van der Waals surface area (Å²) in [6, 6.07) is 6.95. The molecule has 1 fully saturated rings. The Bertz CT molecular complexity index is 1630. The Kier molecular flexibility index (Phi) is 12.3. The number of ether oxygens (including phenoxy) is 3. The lowest BCUT2D eigenvalue weighted by molar-refractivity contribution is 0.0521. The first-order valence-electron chi connectivity index (χ1n) is 16.6. The van der Waals surface area contributed by atoms with Gasteiger partial charge in [0.05, 0.1) is 49.6 Å². The fraction of sp³-hybridized carbons (Fsp3) is 0.556. The Morgan fingerprint density at radius 1 is 1.02 bits per heavy atom. The molecule has 0 saturated carbocycles. The van der Waals surface area contributed by atoms with E-state index < -0.39 is 25.5 Å². The zero-order valence-electron chi connectivity index (χ0n) is 29.1. The SMILES string of the molecule is CCOC[C@@H](CO[Si](C)(C)C(C)(C)C)n1cc(C(=O)OCC)c(=O)c2cc(Cc3cc(N4CCOCC4)cc(Cl)c3F)c(CC)cc21. The molecule has 0 N–H and O–H groups in total. The van der Waals surface area contributed by atoms with Gasteiger partial charge in [0.15, 0.2) is 8.32 Å². The van der Waals surface area contributed by atoms with Gasteiger partial charge in [0.1, 0.15) is 11.4 Å². The number of aryl methyl sites for hydroxylation is 1. The van der Waals surface area contributed by atoms with Crippen LogP contribution in [0.4, 0.5) is 10.1 Å². The van der Waals surface area contributed by atoms with E-state index in [9.17, 15) is 9.59 Å². The number of esters is 1. The molecule has 1 aromatic heterocycles. The van der Waals surface area contributed by atoms with Crippen molar-refractivity contribution >= 4 is 42.5 Å². The molecule has 0 radical (unpaired) electrons. The molecule has 0 bridgehead atoms. The van der Waals surface area contributed by atoms with Gasteiger partial charge in [0.25, 0.3) is 0 Å². The number of pyridine rings is 1. The topological polar surface area (TPSA) is 79.2 Å². The summed E-state index contributed by atoms with van der Waals surface area (Å²) in [7, 11) is -2.14. The van der Waals surface area contributed by atoms with Crippen molar-refractivity contribution in [2.75, 3.05) is 57.6 Å². The van der Waals surface area contributed by atoms with Gasteiger partial charge in [0.2, 0.25) is 5.43 Å². The van der Waals surface area contributed by atoms with Gasteiger partial charge in [-0.1, -0.05) is 39.3 Å². The van der Waals surface area contributed by atoms with E-state index in [2.05, 4.69) is 38.8 Å². The zero-order chi connectivity index (χ0) is 34.5. The minimum atomic E-state index is -2.14. The third kappa shape index (κ3) is 8.46. The highest BCUT2D eigenvalue weighted by Gasteiger charge is 2.38. The van der Waals surface area contributed by atoms with Crippen LogP contribution in [-0.2, 0) is 31.5 Å². The summed E-state index contributed by atoms with van der Waals surface area (Å²) in [6.07, 6.45) is 2.46. The smallest absolute Gasteiger partial charge is 0.343 e. The summed E-state index contributed by atoms with van der Waals surface area (Å²) in [6.45, 7) is 20.5. The van der Waals surface area contributed by atoms with Gasteiger partial charge in [-0.3, -0.25) is 4.79 Å². The molecule has 0 amide bonds. The first-order valence-corrected chi connectivity index (χ1v) is 19.9. The lowest BCUT2D eigenvalue weighted by Gasteiger charge is -2.37. The van der Waals surface area contributed by atoms with Crippen LogP contribution < -0.4 is 10.3 Å². The molecular weight excluding hydrogens is 639 g/mol. The first kappa shape index (κ1) is 37.1. The van der Waals surface area contributed by atoms with Crippen molar-refractivity contribution in [1.82, 2.24) is 4.57 Å². The standard InChI is InChI=1S/C36H50ClFN2O6Si/c1-9-24-19-32-29(18-25(24)16-26-17-27(20-31(37)33(26)38)39-12-14-44-15-13-39)34(41)30(35(42)45-11-3)21-40(32)28(22-43-10-2)23-46-47(7,8)36(4,5)6/h17-21,28H,9-16,22-23H2,1-8H3/t28-/m0/s1. The minimum absolute atomic E-state index is 0.00754. The average Bonchev–Trinajstić information content (AvgIpc) is 3.03. The van der Waals surface area contributed by atoms with Crippen LogP contribution >= 0.6 is 11.6 Å². The van der Waals surface area contributed by atoms with Gasteiger partial charge in [-0.15, -0.1) is 0 Å². The number of carbonyl (C=O) groups excluding carboxylic acids is 1. The van der Waals surface area contributed by atoms with Crippen molar-refractivity contribution in [2.45, 2.75) is 78.6 Å². The third-order valence-electron chi connectivity index (χ3n) is 9.43. The highest BCUT2D eigenvalue weighted by atomic mass is 35.5. The average molecular weight is 689 g/mol. The number of halogens is 2. The number of hydrogen-bond donors (Lipinski definition) is 0. The molecule has 3 aromatic rings. The molecule has 1 aliphatic heterocycles. The van der Waals surface area contributed by atoms with Gasteiger partial charge in [-0.05, 0) is 79.4 Å². The number of fused-ring (bicyclic) bond motifs is 1. The number of carbonyl (C=O) groups is 1. The summed E-state index contributed by atoms with van der Waals surface area (Å²) in [5.74, 6) is -1.17.